The maximum Gasteiger partial charge on any atom is 0.317 e. The van der Waals surface area contributed by atoms with Crippen molar-refractivity contribution in [1.29, 1.82) is 0 Å². The second-order valence-electron chi connectivity index (χ2n) is 5.23. The monoisotopic (exact) mass is 427 g/mol. The molecule has 1 N–H and O–H groups in total. The number of nitrogens with one attached hydrogen (secondary N) is 1. The highest BCUT2D eigenvalue weighted by molar-refractivity contribution is 6.68. The molecule has 144 valence electrons. The summed E-state index contributed by atoms with van der Waals surface area (Å²) < 4.78 is 3.16. The van der Waals surface area contributed by atoms with Crippen molar-refractivity contribution in [3.8, 4) is 5.75 Å². The van der Waals surface area contributed by atoms with Crippen LogP contribution >= 0.6 is 34.8 Å². The van der Waals surface area contributed by atoms with Gasteiger partial charge in [0.1, 0.15) is 0 Å². The number of amides is 1. The summed E-state index contributed by atoms with van der Waals surface area (Å²) in [5.74, 6) is -0.842. The molecule has 12 heteroatoms. The van der Waals surface area contributed by atoms with E-state index in [9.17, 15) is 25.0 Å². The maximum atomic E-state index is 11.9. The zero-order chi connectivity index (χ0) is 19.9. The maximum absolute atomic E-state index is 11.9. The highest BCUT2D eigenvalue weighted by Crippen LogP contribution is 2.36. The van der Waals surface area contributed by atoms with E-state index < -0.39 is 37.1 Å². The molecule has 1 unspecified atom stereocenters. The predicted octanol–water partition coefficient (Wildman–Crippen LogP) is 4.27. The fourth-order valence-corrected chi connectivity index (χ4v) is 2.22. The van der Waals surface area contributed by atoms with Crippen LogP contribution < -0.4 is 10.1 Å². The summed E-state index contributed by atoms with van der Waals surface area (Å²) in [6.45, 7) is 1.97. The van der Waals surface area contributed by atoms with Crippen molar-refractivity contribution >= 4 is 52.1 Å². The van der Waals surface area contributed by atoms with Gasteiger partial charge in [0, 0.05) is 12.5 Å². The van der Waals surface area contributed by atoms with E-state index in [1.165, 1.54) is 0 Å². The highest BCUT2D eigenvalue weighted by Gasteiger charge is 2.37. The van der Waals surface area contributed by atoms with Crippen LogP contribution in [0.25, 0.3) is 0 Å². The molecule has 1 atom stereocenters. The molecule has 0 bridgehead atoms. The molecule has 0 fully saturated rings. The van der Waals surface area contributed by atoms with E-state index >= 15 is 0 Å². The van der Waals surface area contributed by atoms with Crippen molar-refractivity contribution in [3.63, 3.8) is 0 Å². The fourth-order valence-electron chi connectivity index (χ4n) is 1.92. The van der Waals surface area contributed by atoms with Gasteiger partial charge in [0.15, 0.2) is 5.75 Å². The zero-order valence-corrected chi connectivity index (χ0v) is 15.9. The molecule has 1 rings (SSSR count). The Morgan fingerprint density at radius 2 is 1.88 bits per heavy atom. The van der Waals surface area contributed by atoms with Gasteiger partial charge in [-0.15, -0.1) is 0 Å². The lowest BCUT2D eigenvalue weighted by Crippen LogP contribution is -2.47. The number of carbonyl (C=O) groups excluding carboxylic acids is 1. The predicted molar refractivity (Wildman–Crippen MR) is 96.7 cm³/mol. The number of hydrogen-bond donors (Lipinski definition) is 1. The number of non-ortho nitro benzene ring substituents is 1. The second-order valence-corrected chi connectivity index (χ2v) is 7.60. The summed E-state index contributed by atoms with van der Waals surface area (Å²) in [6, 6.07) is 2.72. The number of alkyl halides is 3. The molecule has 0 heterocycles. The SMILES string of the molecule is CCCCCC(=O)NC(Oc1ccc([N+](=O)[O-])cc1[N+](=O)[O-])C(Cl)(Cl)Cl. The van der Waals surface area contributed by atoms with Gasteiger partial charge in [0.25, 0.3) is 5.69 Å². The standard InChI is InChI=1S/C14H16Cl3N3O6/c1-2-3-4-5-12(21)18-13(14(15,16)17)26-11-7-6-9(19(22)23)8-10(11)20(24)25/h6-8,13H,2-5H2,1H3,(H,18,21). The number of nitro groups is 2. The third-order valence-corrected chi connectivity index (χ3v) is 3.79. The van der Waals surface area contributed by atoms with Gasteiger partial charge in [0.2, 0.25) is 15.9 Å². The Hall–Kier alpha value is -1.84. The minimum absolute atomic E-state index is 0.163. The molecule has 0 aliphatic carbocycles. The molecule has 26 heavy (non-hydrogen) atoms. The van der Waals surface area contributed by atoms with E-state index in [1.54, 1.807) is 0 Å². The van der Waals surface area contributed by atoms with Gasteiger partial charge in [-0.05, 0) is 12.5 Å². The minimum atomic E-state index is -2.13. The molecule has 0 radical (unpaired) electrons. The lowest BCUT2D eigenvalue weighted by atomic mass is 10.2. The summed E-state index contributed by atoms with van der Waals surface area (Å²) in [5.41, 5.74) is -1.20. The first-order chi connectivity index (χ1) is 12.1. The van der Waals surface area contributed by atoms with Gasteiger partial charge < -0.3 is 10.1 Å². The van der Waals surface area contributed by atoms with Crippen LogP contribution in [0.5, 0.6) is 5.75 Å². The van der Waals surface area contributed by atoms with Crippen LogP contribution in [0, 0.1) is 20.2 Å². The van der Waals surface area contributed by atoms with Crippen LogP contribution in [0.3, 0.4) is 0 Å². The van der Waals surface area contributed by atoms with Crippen LogP contribution in [0.1, 0.15) is 32.6 Å². The highest BCUT2D eigenvalue weighted by atomic mass is 35.6. The average molecular weight is 429 g/mol. The van der Waals surface area contributed by atoms with Crippen molar-refractivity contribution in [3.05, 3.63) is 38.4 Å². The number of ether oxygens (including phenoxy) is 1. The van der Waals surface area contributed by atoms with E-state index in [0.717, 1.165) is 25.0 Å². The lowest BCUT2D eigenvalue weighted by molar-refractivity contribution is -0.394. The molecule has 0 aliphatic heterocycles. The molecule has 1 aromatic rings. The van der Waals surface area contributed by atoms with Crippen molar-refractivity contribution in [1.82, 2.24) is 5.32 Å². The smallest absolute Gasteiger partial charge is 0.317 e. The Bertz CT molecular complexity index is 680. The van der Waals surface area contributed by atoms with Crippen LogP contribution in [0.4, 0.5) is 11.4 Å². The van der Waals surface area contributed by atoms with Crippen molar-refractivity contribution < 1.29 is 19.4 Å². The summed E-state index contributed by atoms with van der Waals surface area (Å²) in [4.78, 5) is 32.2. The van der Waals surface area contributed by atoms with Gasteiger partial charge in [0.05, 0.1) is 15.9 Å². The van der Waals surface area contributed by atoms with Crippen LogP contribution in [0.2, 0.25) is 0 Å². The Labute approximate surface area is 163 Å². The van der Waals surface area contributed by atoms with Gasteiger partial charge >= 0.3 is 5.69 Å². The van der Waals surface area contributed by atoms with Crippen LogP contribution in [-0.2, 0) is 4.79 Å². The molecule has 0 saturated carbocycles. The van der Waals surface area contributed by atoms with Gasteiger partial charge in [-0.2, -0.15) is 0 Å². The van der Waals surface area contributed by atoms with Crippen molar-refractivity contribution in [2.24, 2.45) is 0 Å². The molecule has 1 amide bonds. The lowest BCUT2D eigenvalue weighted by Gasteiger charge is -2.26. The molecular formula is C14H16Cl3N3O6. The van der Waals surface area contributed by atoms with Crippen molar-refractivity contribution in [2.75, 3.05) is 0 Å². The largest absolute Gasteiger partial charge is 0.459 e. The fraction of sp³-hybridized carbons (Fsp3) is 0.500. The van der Waals surface area contributed by atoms with E-state index in [-0.39, 0.29) is 12.2 Å². The topological polar surface area (TPSA) is 125 Å². The Morgan fingerprint density at radius 1 is 1.23 bits per heavy atom. The molecule has 0 aromatic heterocycles. The summed E-state index contributed by atoms with van der Waals surface area (Å²) in [6.07, 6.45) is 0.998. The number of benzene rings is 1. The first kappa shape index (κ1) is 22.2. The first-order valence-electron chi connectivity index (χ1n) is 7.51. The molecule has 0 saturated heterocycles. The van der Waals surface area contributed by atoms with E-state index in [4.69, 9.17) is 39.5 Å². The number of carbonyl (C=O) groups is 1. The molecule has 0 spiro atoms. The summed E-state index contributed by atoms with van der Waals surface area (Å²) in [7, 11) is 0. The van der Waals surface area contributed by atoms with E-state index in [2.05, 4.69) is 5.32 Å². The summed E-state index contributed by atoms with van der Waals surface area (Å²) in [5, 5.41) is 24.3. The Morgan fingerprint density at radius 3 is 2.38 bits per heavy atom. The quantitative estimate of drug-likeness (QED) is 0.206. The molecule has 1 aromatic carbocycles. The number of hydrogen-bond acceptors (Lipinski definition) is 6. The number of nitrogens with zero attached hydrogens (tertiary/aromatic N) is 2. The van der Waals surface area contributed by atoms with E-state index in [1.807, 2.05) is 6.92 Å². The first-order valence-corrected chi connectivity index (χ1v) is 8.65. The van der Waals surface area contributed by atoms with Gasteiger partial charge in [-0.3, -0.25) is 25.0 Å². The van der Waals surface area contributed by atoms with Crippen LogP contribution in [0.15, 0.2) is 18.2 Å². The average Bonchev–Trinajstić information content (AvgIpc) is 2.53. The van der Waals surface area contributed by atoms with Crippen LogP contribution in [-0.4, -0.2) is 25.8 Å². The minimum Gasteiger partial charge on any atom is -0.459 e. The number of unbranched alkanes of at least 4 members (excludes halogenated alkanes) is 2. The zero-order valence-electron chi connectivity index (χ0n) is 13.6. The molecule has 9 nitrogen and oxygen atoms in total. The van der Waals surface area contributed by atoms with E-state index in [0.29, 0.717) is 12.5 Å². The third kappa shape index (κ3) is 6.81. The number of halogens is 3. The normalized spacial score (nSPS) is 12.3. The van der Waals surface area contributed by atoms with Gasteiger partial charge in [-0.1, -0.05) is 54.6 Å². The molecular weight excluding hydrogens is 413 g/mol. The number of rotatable bonds is 9. The molecule has 0 aliphatic rings. The summed E-state index contributed by atoms with van der Waals surface area (Å²) >= 11 is 17.3. The Balaban J connectivity index is 3.03. The van der Waals surface area contributed by atoms with Gasteiger partial charge in [-0.25, -0.2) is 0 Å². The Kier molecular flexibility index (Phi) is 8.32. The third-order valence-electron chi connectivity index (χ3n) is 3.19. The second kappa shape index (κ2) is 9.75. The number of nitro benzene ring substituents is 2. The van der Waals surface area contributed by atoms with Crippen molar-refractivity contribution in [2.45, 2.75) is 42.6 Å².